The van der Waals surface area contributed by atoms with E-state index in [-0.39, 0.29) is 5.75 Å². The third kappa shape index (κ3) is 1.66. The molecule has 0 saturated heterocycles. The van der Waals surface area contributed by atoms with Crippen LogP contribution in [-0.4, -0.2) is 5.11 Å². The average molecular weight is 362 g/mol. The molecule has 4 heteroatoms. The number of benzene rings is 1. The maximum atomic E-state index is 10.5. The van der Waals surface area contributed by atoms with Crippen molar-refractivity contribution in [1.29, 1.82) is 0 Å². The molecule has 1 aromatic carbocycles. The van der Waals surface area contributed by atoms with Crippen LogP contribution in [0.25, 0.3) is 0 Å². The van der Waals surface area contributed by atoms with Gasteiger partial charge in [0.15, 0.2) is 21.2 Å². The van der Waals surface area contributed by atoms with Gasteiger partial charge in [-0.25, -0.2) is 0 Å². The van der Waals surface area contributed by atoms with Crippen LogP contribution < -0.4 is 0 Å². The summed E-state index contributed by atoms with van der Waals surface area (Å²) >= 11 is 0.812. The van der Waals surface area contributed by atoms with Crippen LogP contribution in [0.1, 0.15) is 0 Å². The Balaban J connectivity index is 3.30. The van der Waals surface area contributed by atoms with Crippen molar-refractivity contribution in [3.63, 3.8) is 0 Å². The normalized spacial score (nSPS) is 9.70. The van der Waals surface area contributed by atoms with Gasteiger partial charge in [-0.3, -0.25) is 3.07 Å². The maximum Gasteiger partial charge on any atom is 0.187 e. The molecule has 0 radical (unpaired) electrons. The topological polar surface area (TPSA) is 37.3 Å². The molecule has 0 saturated carbocycles. The first-order chi connectivity index (χ1) is 4.75. The second kappa shape index (κ2) is 3.61. The van der Waals surface area contributed by atoms with Gasteiger partial charge in [0.1, 0.15) is 9.32 Å². The lowest BCUT2D eigenvalue weighted by Gasteiger charge is -1.95. The number of rotatable bonds is 1. The predicted octanol–water partition coefficient (Wildman–Crippen LogP) is 2.48. The second-order valence-electron chi connectivity index (χ2n) is 1.65. The van der Waals surface area contributed by atoms with Crippen molar-refractivity contribution in [1.82, 2.24) is 0 Å². The fourth-order valence-corrected chi connectivity index (χ4v) is 2.41. The van der Waals surface area contributed by atoms with Gasteiger partial charge in [-0.15, -0.1) is 0 Å². The number of hydrogen-bond donors (Lipinski definition) is 1. The maximum absolute atomic E-state index is 10.5. The van der Waals surface area contributed by atoms with Gasteiger partial charge in [-0.1, -0.05) is 6.07 Å². The van der Waals surface area contributed by atoms with Crippen LogP contribution in [0.2, 0.25) is 0 Å². The Morgan fingerprint density at radius 3 is 2.60 bits per heavy atom. The highest BCUT2D eigenvalue weighted by molar-refractivity contribution is 14.2. The van der Waals surface area contributed by atoms with E-state index in [0.717, 1.165) is 3.57 Å². The van der Waals surface area contributed by atoms with Crippen LogP contribution >= 0.6 is 43.8 Å². The molecule has 0 bridgehead atoms. The molecular formula is C6H4I2O2. The van der Waals surface area contributed by atoms with Gasteiger partial charge in [0.05, 0.1) is 0 Å². The molecule has 0 amide bonds. The number of halogens is 2. The smallest absolute Gasteiger partial charge is 0.187 e. The Hall–Kier alpha value is 0.280. The van der Waals surface area contributed by atoms with Gasteiger partial charge < -0.3 is 5.11 Å². The fraction of sp³-hybridized carbons (Fsp3) is 0. The standard InChI is InChI=1S/C6H4I2O2/c7-4-2-1-3-5(9)6(4)8-10/h1-3,9H. The van der Waals surface area contributed by atoms with Crippen LogP contribution in [0.4, 0.5) is 0 Å². The molecule has 10 heavy (non-hydrogen) atoms. The summed E-state index contributed by atoms with van der Waals surface area (Å²) in [7, 11) is 0. The van der Waals surface area contributed by atoms with E-state index in [0.29, 0.717) is 3.57 Å². The highest BCUT2D eigenvalue weighted by Gasteiger charge is 2.03. The van der Waals surface area contributed by atoms with Crippen LogP contribution in [0, 0.1) is 7.14 Å². The fourth-order valence-electron chi connectivity index (χ4n) is 0.569. The second-order valence-corrected chi connectivity index (χ2v) is 4.33. The number of phenolic OH excluding ortho intramolecular Hbond substituents is 1. The van der Waals surface area contributed by atoms with E-state index in [1.807, 2.05) is 6.07 Å². The molecule has 2 nitrogen and oxygen atoms in total. The minimum atomic E-state index is -1.24. The van der Waals surface area contributed by atoms with E-state index in [9.17, 15) is 3.07 Å². The summed E-state index contributed by atoms with van der Waals surface area (Å²) in [5.74, 6) is 0.148. The van der Waals surface area contributed by atoms with Crippen molar-refractivity contribution < 1.29 is 8.18 Å². The zero-order valence-corrected chi connectivity index (χ0v) is 9.16. The number of phenols is 1. The van der Waals surface area contributed by atoms with Crippen molar-refractivity contribution in [3.05, 3.63) is 25.3 Å². The molecule has 1 N–H and O–H groups in total. The van der Waals surface area contributed by atoms with Crippen molar-refractivity contribution in [2.45, 2.75) is 0 Å². The highest BCUT2D eigenvalue weighted by Crippen LogP contribution is 2.26. The van der Waals surface area contributed by atoms with E-state index in [1.165, 1.54) is 0 Å². The van der Waals surface area contributed by atoms with E-state index >= 15 is 0 Å². The molecule has 0 spiro atoms. The lowest BCUT2D eigenvalue weighted by Crippen LogP contribution is -1.78. The molecule has 1 aromatic rings. The van der Waals surface area contributed by atoms with E-state index < -0.39 is 21.2 Å². The summed E-state index contributed by atoms with van der Waals surface area (Å²) in [4.78, 5) is 0. The third-order valence-electron chi connectivity index (χ3n) is 1.01. The summed E-state index contributed by atoms with van der Waals surface area (Å²) < 4.78 is 12.0. The molecule has 1 rings (SSSR count). The largest absolute Gasteiger partial charge is 0.507 e. The Morgan fingerprint density at radius 2 is 2.20 bits per heavy atom. The van der Waals surface area contributed by atoms with Crippen LogP contribution in [-0.2, 0) is 3.07 Å². The summed E-state index contributed by atoms with van der Waals surface area (Å²) in [6, 6.07) is 5.11. The van der Waals surface area contributed by atoms with Crippen molar-refractivity contribution in [2.24, 2.45) is 0 Å². The molecule has 54 valence electrons. The Bertz CT molecular complexity index is 240. The monoisotopic (exact) mass is 362 g/mol. The van der Waals surface area contributed by atoms with E-state index in [2.05, 4.69) is 22.6 Å². The summed E-state index contributed by atoms with van der Waals surface area (Å²) in [6.45, 7) is 0. The first-order valence-corrected chi connectivity index (χ1v) is 5.54. The van der Waals surface area contributed by atoms with Gasteiger partial charge in [-0.2, -0.15) is 0 Å². The lowest BCUT2D eigenvalue weighted by atomic mass is 10.3. The van der Waals surface area contributed by atoms with Crippen LogP contribution in [0.15, 0.2) is 18.2 Å². The van der Waals surface area contributed by atoms with Gasteiger partial charge in [-0.05, 0) is 34.7 Å². The lowest BCUT2D eigenvalue weighted by molar-refractivity contribution is 0.471. The molecule has 0 aliphatic carbocycles. The molecule has 0 aliphatic heterocycles. The zero-order valence-electron chi connectivity index (χ0n) is 4.84. The first-order valence-electron chi connectivity index (χ1n) is 2.50. The van der Waals surface area contributed by atoms with E-state index in [1.54, 1.807) is 12.1 Å². The molecule has 0 fully saturated rings. The summed E-state index contributed by atoms with van der Waals surface area (Å²) in [5.41, 5.74) is 0. The van der Waals surface area contributed by atoms with Gasteiger partial charge >= 0.3 is 0 Å². The van der Waals surface area contributed by atoms with Gasteiger partial charge in [0, 0.05) is 3.57 Å². The molecule has 0 atom stereocenters. The van der Waals surface area contributed by atoms with Crippen LogP contribution in [0.3, 0.4) is 0 Å². The average Bonchev–Trinajstić information content (AvgIpc) is 1.88. The highest BCUT2D eigenvalue weighted by atomic mass is 127. The van der Waals surface area contributed by atoms with Crippen molar-refractivity contribution >= 4 is 43.8 Å². The van der Waals surface area contributed by atoms with Crippen molar-refractivity contribution in [2.75, 3.05) is 0 Å². The Morgan fingerprint density at radius 1 is 1.50 bits per heavy atom. The predicted molar refractivity (Wildman–Crippen MR) is 54.2 cm³/mol. The van der Waals surface area contributed by atoms with Crippen LogP contribution in [0.5, 0.6) is 5.75 Å². The molecule has 0 aromatic heterocycles. The summed E-state index contributed by atoms with van der Waals surface area (Å²) in [6.07, 6.45) is 0. The Labute approximate surface area is 82.4 Å². The minimum Gasteiger partial charge on any atom is -0.507 e. The third-order valence-corrected chi connectivity index (χ3v) is 4.51. The first kappa shape index (κ1) is 8.38. The minimum absolute atomic E-state index is 0.148. The van der Waals surface area contributed by atoms with Crippen molar-refractivity contribution in [3.8, 4) is 5.75 Å². The zero-order chi connectivity index (χ0) is 7.56. The number of aromatic hydroxyl groups is 1. The van der Waals surface area contributed by atoms with Gasteiger partial charge in [0.2, 0.25) is 0 Å². The molecule has 0 heterocycles. The summed E-state index contributed by atoms with van der Waals surface area (Å²) in [5, 5.41) is 9.11. The van der Waals surface area contributed by atoms with Gasteiger partial charge in [0.25, 0.3) is 0 Å². The molecule has 0 aliphatic rings. The molecular weight excluding hydrogens is 358 g/mol. The Kier molecular flexibility index (Phi) is 3.02. The number of hydrogen-bond acceptors (Lipinski definition) is 2. The van der Waals surface area contributed by atoms with E-state index in [4.69, 9.17) is 5.11 Å². The quantitative estimate of drug-likeness (QED) is 0.780. The molecule has 0 unspecified atom stereocenters. The SMILES string of the molecule is O=Ic1c(O)cccc1I.